The lowest BCUT2D eigenvalue weighted by molar-refractivity contribution is -0.118. The number of aromatic amines is 1. The van der Waals surface area contributed by atoms with E-state index in [4.69, 9.17) is 9.72 Å². The summed E-state index contributed by atoms with van der Waals surface area (Å²) in [5, 5.41) is 3.72. The highest BCUT2D eigenvalue weighted by molar-refractivity contribution is 7.98. The van der Waals surface area contributed by atoms with Crippen LogP contribution in [0, 0.1) is 11.2 Å². The molecule has 5 rings (SSSR count). The monoisotopic (exact) mass is 519 g/mol. The lowest BCUT2D eigenvalue weighted by Gasteiger charge is -2.38. The van der Waals surface area contributed by atoms with Gasteiger partial charge in [-0.25, -0.2) is 14.2 Å². The van der Waals surface area contributed by atoms with Gasteiger partial charge in [0.2, 0.25) is 0 Å². The number of hydrogen-bond donors (Lipinski definition) is 2. The quantitative estimate of drug-likeness (QED) is 0.272. The second kappa shape index (κ2) is 9.63. The van der Waals surface area contributed by atoms with E-state index in [2.05, 4.69) is 10.3 Å². The van der Waals surface area contributed by atoms with Gasteiger partial charge in [-0.1, -0.05) is 49.9 Å². The van der Waals surface area contributed by atoms with Gasteiger partial charge in [0, 0.05) is 29.4 Å². The van der Waals surface area contributed by atoms with E-state index in [9.17, 15) is 18.8 Å². The highest BCUT2D eigenvalue weighted by atomic mass is 32.2. The number of carbonyl (C=O) groups is 2. The number of Topliss-reactive ketones (excluding diaryl/α,β-unsaturated/α-hetero) is 1. The molecular formula is C28H26FN3O4S. The van der Waals surface area contributed by atoms with E-state index < -0.39 is 11.9 Å². The molecule has 0 amide bonds. The van der Waals surface area contributed by atoms with Gasteiger partial charge in [0.15, 0.2) is 10.9 Å². The summed E-state index contributed by atoms with van der Waals surface area (Å²) in [4.78, 5) is 46.3. The zero-order valence-electron chi connectivity index (χ0n) is 20.7. The number of carbonyl (C=O) groups excluding carboxylic acids is 2. The first-order chi connectivity index (χ1) is 17.6. The SMILES string of the molecule is COC(=O)c1ccc(C2C3=C(CC(C)(C)CC3=O)Nc3nc(SCc4ccc(F)cc4)[nH]c(=O)c32)cc1. The van der Waals surface area contributed by atoms with Gasteiger partial charge < -0.3 is 15.0 Å². The first kappa shape index (κ1) is 25.0. The van der Waals surface area contributed by atoms with Crippen molar-refractivity contribution in [3.05, 3.63) is 98.2 Å². The number of benzene rings is 2. The van der Waals surface area contributed by atoms with Crippen LogP contribution in [0.25, 0.3) is 0 Å². The number of rotatable bonds is 5. The third kappa shape index (κ3) is 4.96. The van der Waals surface area contributed by atoms with E-state index in [1.807, 2.05) is 13.8 Å². The van der Waals surface area contributed by atoms with Gasteiger partial charge in [-0.05, 0) is 47.2 Å². The van der Waals surface area contributed by atoms with Crippen LogP contribution in [-0.4, -0.2) is 28.8 Å². The van der Waals surface area contributed by atoms with Crippen molar-refractivity contribution >= 4 is 29.3 Å². The van der Waals surface area contributed by atoms with Crippen LogP contribution in [0.4, 0.5) is 10.2 Å². The molecule has 2 aromatic carbocycles. The topological polar surface area (TPSA) is 101 Å². The molecule has 0 fully saturated rings. The van der Waals surface area contributed by atoms with Crippen molar-refractivity contribution in [3.63, 3.8) is 0 Å². The Labute approximate surface area is 217 Å². The number of ketones is 1. The number of esters is 1. The summed E-state index contributed by atoms with van der Waals surface area (Å²) in [5.41, 5.74) is 3.11. The molecule has 1 aromatic heterocycles. The molecule has 0 spiro atoms. The number of thioether (sulfide) groups is 1. The largest absolute Gasteiger partial charge is 0.465 e. The van der Waals surface area contributed by atoms with Gasteiger partial charge in [-0.3, -0.25) is 9.59 Å². The van der Waals surface area contributed by atoms with Crippen molar-refractivity contribution in [1.82, 2.24) is 9.97 Å². The number of anilines is 1. The third-order valence-corrected chi connectivity index (χ3v) is 7.60. The number of aromatic nitrogens is 2. The Morgan fingerprint density at radius 2 is 1.81 bits per heavy atom. The van der Waals surface area contributed by atoms with Gasteiger partial charge in [-0.15, -0.1) is 0 Å². The fourth-order valence-electron chi connectivity index (χ4n) is 4.96. The number of ether oxygens (including phenoxy) is 1. The van der Waals surface area contributed by atoms with E-state index in [0.717, 1.165) is 16.8 Å². The predicted molar refractivity (Wildman–Crippen MR) is 139 cm³/mol. The Hall–Kier alpha value is -3.72. The molecule has 1 aliphatic carbocycles. The highest BCUT2D eigenvalue weighted by Gasteiger charge is 2.42. The van der Waals surface area contributed by atoms with Crippen molar-refractivity contribution in [1.29, 1.82) is 0 Å². The molecule has 7 nitrogen and oxygen atoms in total. The Kier molecular flexibility index (Phi) is 6.49. The summed E-state index contributed by atoms with van der Waals surface area (Å²) in [7, 11) is 1.32. The predicted octanol–water partition coefficient (Wildman–Crippen LogP) is 5.19. The number of hydrogen-bond acceptors (Lipinski definition) is 7. The summed E-state index contributed by atoms with van der Waals surface area (Å²) < 4.78 is 18.0. The molecule has 2 heterocycles. The molecule has 1 aliphatic heterocycles. The Morgan fingerprint density at radius 1 is 1.11 bits per heavy atom. The maximum absolute atomic E-state index is 13.4. The molecule has 2 N–H and O–H groups in total. The molecule has 0 saturated heterocycles. The van der Waals surface area contributed by atoms with Crippen LogP contribution in [0.1, 0.15) is 59.7 Å². The number of nitrogens with zero attached hydrogens (tertiary/aromatic N) is 1. The maximum Gasteiger partial charge on any atom is 0.337 e. The van der Waals surface area contributed by atoms with Crippen molar-refractivity contribution in [2.75, 3.05) is 12.4 Å². The summed E-state index contributed by atoms with van der Waals surface area (Å²) in [5.74, 6) is -0.487. The summed E-state index contributed by atoms with van der Waals surface area (Å²) in [6, 6.07) is 12.9. The van der Waals surface area contributed by atoms with Crippen LogP contribution in [0.5, 0.6) is 0 Å². The molecule has 9 heteroatoms. The zero-order valence-corrected chi connectivity index (χ0v) is 21.5. The van der Waals surface area contributed by atoms with E-state index >= 15 is 0 Å². The molecule has 1 atom stereocenters. The van der Waals surface area contributed by atoms with Crippen LogP contribution in [0.15, 0.2) is 69.8 Å². The molecule has 0 radical (unpaired) electrons. The minimum Gasteiger partial charge on any atom is -0.465 e. The van der Waals surface area contributed by atoms with Gasteiger partial charge in [0.25, 0.3) is 5.56 Å². The summed E-state index contributed by atoms with van der Waals surface area (Å²) >= 11 is 1.34. The normalized spacial score (nSPS) is 18.1. The summed E-state index contributed by atoms with van der Waals surface area (Å²) in [6.07, 6.45) is 1.01. The van der Waals surface area contributed by atoms with Gasteiger partial charge in [0.05, 0.1) is 18.2 Å². The third-order valence-electron chi connectivity index (χ3n) is 6.65. The lowest BCUT2D eigenvalue weighted by atomic mass is 9.69. The van der Waals surface area contributed by atoms with Crippen molar-refractivity contribution in [3.8, 4) is 0 Å². The van der Waals surface area contributed by atoms with Gasteiger partial charge in [0.1, 0.15) is 11.6 Å². The Morgan fingerprint density at radius 3 is 2.49 bits per heavy atom. The second-order valence-electron chi connectivity index (χ2n) is 10.1. The van der Waals surface area contributed by atoms with Crippen LogP contribution < -0.4 is 10.9 Å². The van der Waals surface area contributed by atoms with E-state index in [-0.39, 0.29) is 22.6 Å². The van der Waals surface area contributed by atoms with Crippen LogP contribution in [0.3, 0.4) is 0 Å². The number of methoxy groups -OCH3 is 1. The maximum atomic E-state index is 13.4. The van der Waals surface area contributed by atoms with Crippen molar-refractivity contribution in [2.45, 2.75) is 43.5 Å². The van der Waals surface area contributed by atoms with Crippen molar-refractivity contribution < 1.29 is 18.7 Å². The second-order valence-corrected chi connectivity index (χ2v) is 11.0. The molecule has 190 valence electrons. The number of allylic oxidation sites excluding steroid dienone is 2. The van der Waals surface area contributed by atoms with E-state index in [1.54, 1.807) is 36.4 Å². The van der Waals surface area contributed by atoms with E-state index in [0.29, 0.717) is 46.3 Å². The Bertz CT molecular complexity index is 1480. The number of fused-ring (bicyclic) bond motifs is 1. The first-order valence-corrected chi connectivity index (χ1v) is 12.9. The standard InChI is InChI=1S/C28H26FN3O4S/c1-28(2)12-19-22(20(33)13-28)21(16-6-8-17(9-7-16)26(35)36-3)23-24(30-19)31-27(32-25(23)34)37-14-15-4-10-18(29)11-5-15/h4-11,21H,12-14H2,1-3H3,(H2,30,31,32,34). The Balaban J connectivity index is 1.56. The van der Waals surface area contributed by atoms with Gasteiger partial charge in [-0.2, -0.15) is 0 Å². The summed E-state index contributed by atoms with van der Waals surface area (Å²) in [6.45, 7) is 4.09. The van der Waals surface area contributed by atoms with Crippen LogP contribution in [-0.2, 0) is 15.3 Å². The fourth-order valence-corrected chi connectivity index (χ4v) is 5.77. The lowest BCUT2D eigenvalue weighted by Crippen LogP contribution is -2.37. The molecule has 37 heavy (non-hydrogen) atoms. The smallest absolute Gasteiger partial charge is 0.337 e. The minimum atomic E-state index is -0.617. The fraction of sp³-hybridized carbons (Fsp3) is 0.286. The molecular weight excluding hydrogens is 493 g/mol. The zero-order chi connectivity index (χ0) is 26.3. The molecule has 1 unspecified atom stereocenters. The number of halogens is 1. The first-order valence-electron chi connectivity index (χ1n) is 11.9. The molecule has 0 saturated carbocycles. The van der Waals surface area contributed by atoms with Crippen LogP contribution >= 0.6 is 11.8 Å². The number of nitrogens with one attached hydrogen (secondary N) is 2. The van der Waals surface area contributed by atoms with Crippen LogP contribution in [0.2, 0.25) is 0 Å². The van der Waals surface area contributed by atoms with Gasteiger partial charge >= 0.3 is 5.97 Å². The van der Waals surface area contributed by atoms with E-state index in [1.165, 1.54) is 31.0 Å². The average molecular weight is 520 g/mol. The minimum absolute atomic E-state index is 0.0133. The highest BCUT2D eigenvalue weighted by Crippen LogP contribution is 2.47. The molecule has 2 aliphatic rings. The number of H-pyrrole nitrogens is 1. The average Bonchev–Trinajstić information content (AvgIpc) is 2.86. The molecule has 0 bridgehead atoms. The molecule has 3 aromatic rings. The van der Waals surface area contributed by atoms with Crippen molar-refractivity contribution in [2.24, 2.45) is 5.41 Å².